The molecule has 1 amide bonds. The third kappa shape index (κ3) is 7.94. The van der Waals surface area contributed by atoms with E-state index in [0.717, 1.165) is 6.42 Å². The van der Waals surface area contributed by atoms with Crippen molar-refractivity contribution in [3.8, 4) is 5.75 Å². The summed E-state index contributed by atoms with van der Waals surface area (Å²) in [6.45, 7) is 4.36. The topological polar surface area (TPSA) is 78.4 Å². The highest BCUT2D eigenvalue weighted by Crippen LogP contribution is 2.12. The first-order valence-corrected chi connectivity index (χ1v) is 7.90. The molecular formula is C17H26N2O5. The van der Waals surface area contributed by atoms with Crippen LogP contribution in [0.4, 0.5) is 0 Å². The van der Waals surface area contributed by atoms with E-state index in [0.29, 0.717) is 44.3 Å². The van der Waals surface area contributed by atoms with Gasteiger partial charge in [0.05, 0.1) is 13.7 Å². The van der Waals surface area contributed by atoms with Crippen LogP contribution in [0.2, 0.25) is 0 Å². The first-order chi connectivity index (χ1) is 11.7. The summed E-state index contributed by atoms with van der Waals surface area (Å²) in [5, 5.41) is 2.68. The zero-order valence-corrected chi connectivity index (χ0v) is 14.5. The van der Waals surface area contributed by atoms with Crippen LogP contribution in [-0.2, 0) is 14.2 Å². The fourth-order valence-electron chi connectivity index (χ4n) is 1.79. The Morgan fingerprint density at radius 3 is 2.75 bits per heavy atom. The van der Waals surface area contributed by atoms with Crippen molar-refractivity contribution in [2.24, 2.45) is 4.99 Å². The van der Waals surface area contributed by atoms with Gasteiger partial charge in [-0.15, -0.1) is 0 Å². The van der Waals surface area contributed by atoms with E-state index in [1.807, 2.05) is 6.92 Å². The largest absolute Gasteiger partial charge is 0.497 e. The van der Waals surface area contributed by atoms with Gasteiger partial charge in [0, 0.05) is 32.4 Å². The molecular weight excluding hydrogens is 312 g/mol. The quantitative estimate of drug-likeness (QED) is 0.400. The molecule has 1 N–H and O–H groups in total. The number of methoxy groups -OCH3 is 2. The predicted octanol–water partition coefficient (Wildman–Crippen LogP) is 1.87. The molecule has 0 spiro atoms. The summed E-state index contributed by atoms with van der Waals surface area (Å²) < 4.78 is 20.8. The van der Waals surface area contributed by atoms with Gasteiger partial charge in [-0.1, -0.05) is 6.07 Å². The molecule has 0 radical (unpaired) electrons. The van der Waals surface area contributed by atoms with Crippen LogP contribution >= 0.6 is 0 Å². The van der Waals surface area contributed by atoms with Crippen molar-refractivity contribution in [1.29, 1.82) is 0 Å². The molecule has 24 heavy (non-hydrogen) atoms. The number of hydrogen-bond donors (Lipinski definition) is 1. The maximum atomic E-state index is 12.3. The number of nitrogens with zero attached hydrogens (tertiary/aromatic N) is 1. The molecule has 134 valence electrons. The van der Waals surface area contributed by atoms with Crippen LogP contribution in [-0.4, -0.2) is 59.1 Å². The molecule has 7 heteroatoms. The van der Waals surface area contributed by atoms with Crippen LogP contribution in [0, 0.1) is 0 Å². The lowest BCUT2D eigenvalue weighted by Crippen LogP contribution is -2.33. The van der Waals surface area contributed by atoms with Crippen LogP contribution in [0.1, 0.15) is 23.7 Å². The van der Waals surface area contributed by atoms with Crippen molar-refractivity contribution in [2.45, 2.75) is 13.3 Å². The van der Waals surface area contributed by atoms with E-state index >= 15 is 0 Å². The number of rotatable bonds is 10. The van der Waals surface area contributed by atoms with E-state index < -0.39 is 0 Å². The summed E-state index contributed by atoms with van der Waals surface area (Å²) in [7, 11) is 3.18. The van der Waals surface area contributed by atoms with Gasteiger partial charge >= 0.3 is 0 Å². The Kier molecular flexibility index (Phi) is 10.2. The minimum absolute atomic E-state index is 0.179. The third-order valence-electron chi connectivity index (χ3n) is 2.98. The molecule has 0 aliphatic heterocycles. The van der Waals surface area contributed by atoms with Gasteiger partial charge in [-0.05, 0) is 31.5 Å². The van der Waals surface area contributed by atoms with Crippen LogP contribution in [0.15, 0.2) is 29.3 Å². The van der Waals surface area contributed by atoms with Crippen LogP contribution in [0.5, 0.6) is 5.75 Å². The maximum absolute atomic E-state index is 12.3. The summed E-state index contributed by atoms with van der Waals surface area (Å²) in [5.74, 6) is 0.300. The van der Waals surface area contributed by atoms with Gasteiger partial charge in [0.2, 0.25) is 0 Å². The zero-order valence-electron chi connectivity index (χ0n) is 14.5. The highest BCUT2D eigenvalue weighted by Gasteiger charge is 2.11. The lowest BCUT2D eigenvalue weighted by atomic mass is 10.2. The molecule has 0 unspecified atom stereocenters. The fraction of sp³-hybridized carbons (Fsp3) is 0.529. The molecule has 1 aromatic rings. The summed E-state index contributed by atoms with van der Waals surface area (Å²) in [6, 6.07) is 7.05. The first-order valence-electron chi connectivity index (χ1n) is 7.90. The average molecular weight is 338 g/mol. The molecule has 0 fully saturated rings. The summed E-state index contributed by atoms with van der Waals surface area (Å²) >= 11 is 0. The number of aliphatic imine (C=N–C) groups is 1. The van der Waals surface area contributed by atoms with Gasteiger partial charge in [-0.2, -0.15) is 0 Å². The molecule has 7 nitrogen and oxygen atoms in total. The maximum Gasteiger partial charge on any atom is 0.291 e. The molecule has 0 aliphatic carbocycles. The number of carbonyl (C=O) groups excluding carboxylic acids is 1. The minimum atomic E-state index is -0.309. The zero-order chi connectivity index (χ0) is 17.6. The van der Waals surface area contributed by atoms with Gasteiger partial charge in [0.25, 0.3) is 11.9 Å². The predicted molar refractivity (Wildman–Crippen MR) is 91.7 cm³/mol. The standard InChI is InChI=1S/C17H26N2O5/c1-4-23-11-12-24-17(18-9-6-10-21-2)19-16(20)14-7-5-8-15(13-14)22-3/h5,7-8,13H,4,6,9-12H2,1-3H3,(H,18,19,20). The average Bonchev–Trinajstić information content (AvgIpc) is 2.62. The Balaban J connectivity index is 2.64. The van der Waals surface area contributed by atoms with Crippen molar-refractivity contribution < 1.29 is 23.7 Å². The number of carbonyl (C=O) groups is 1. The van der Waals surface area contributed by atoms with E-state index in [1.165, 1.54) is 0 Å². The van der Waals surface area contributed by atoms with E-state index in [9.17, 15) is 4.79 Å². The van der Waals surface area contributed by atoms with Crippen molar-refractivity contribution in [3.05, 3.63) is 29.8 Å². The number of hydrogen-bond acceptors (Lipinski definition) is 6. The van der Waals surface area contributed by atoms with Crippen molar-refractivity contribution in [1.82, 2.24) is 5.32 Å². The molecule has 0 bridgehead atoms. The Labute approximate surface area is 143 Å². The highest BCUT2D eigenvalue weighted by atomic mass is 16.5. The van der Waals surface area contributed by atoms with Gasteiger partial charge < -0.3 is 18.9 Å². The smallest absolute Gasteiger partial charge is 0.291 e. The van der Waals surface area contributed by atoms with Crippen LogP contribution < -0.4 is 10.1 Å². The van der Waals surface area contributed by atoms with Crippen LogP contribution in [0.25, 0.3) is 0 Å². The molecule has 1 rings (SSSR count). The second-order valence-electron chi connectivity index (χ2n) is 4.76. The van der Waals surface area contributed by atoms with E-state index in [1.54, 1.807) is 38.5 Å². The Morgan fingerprint density at radius 1 is 1.21 bits per heavy atom. The molecule has 1 aromatic carbocycles. The van der Waals surface area contributed by atoms with Crippen molar-refractivity contribution in [2.75, 3.05) is 47.2 Å². The molecule has 0 saturated heterocycles. The number of nitrogens with one attached hydrogen (secondary N) is 1. The summed E-state index contributed by atoms with van der Waals surface area (Å²) in [5.41, 5.74) is 0.465. The second kappa shape index (κ2) is 12.3. The molecule has 0 atom stereocenters. The minimum Gasteiger partial charge on any atom is -0.497 e. The first kappa shape index (κ1) is 19.9. The third-order valence-corrected chi connectivity index (χ3v) is 2.98. The number of amidine groups is 1. The highest BCUT2D eigenvalue weighted by molar-refractivity contribution is 6.04. The molecule has 0 heterocycles. The number of amides is 1. The lowest BCUT2D eigenvalue weighted by Gasteiger charge is -2.11. The molecule has 0 aromatic heterocycles. The van der Waals surface area contributed by atoms with E-state index in [2.05, 4.69) is 10.3 Å². The SMILES string of the molecule is CCOCCOC(=NCCCOC)NC(=O)c1cccc(OC)c1. The van der Waals surface area contributed by atoms with Crippen LogP contribution in [0.3, 0.4) is 0 Å². The van der Waals surface area contributed by atoms with Crippen molar-refractivity contribution >= 4 is 11.9 Å². The van der Waals surface area contributed by atoms with E-state index in [4.69, 9.17) is 18.9 Å². The van der Waals surface area contributed by atoms with Crippen molar-refractivity contribution in [3.63, 3.8) is 0 Å². The second-order valence-corrected chi connectivity index (χ2v) is 4.76. The van der Waals surface area contributed by atoms with E-state index in [-0.39, 0.29) is 11.9 Å². The molecule has 0 aliphatic rings. The van der Waals surface area contributed by atoms with Gasteiger partial charge in [-0.3, -0.25) is 10.1 Å². The monoisotopic (exact) mass is 338 g/mol. The number of benzene rings is 1. The van der Waals surface area contributed by atoms with Gasteiger partial charge in [0.15, 0.2) is 0 Å². The Morgan fingerprint density at radius 2 is 2.04 bits per heavy atom. The Hall–Kier alpha value is -2.12. The lowest BCUT2D eigenvalue weighted by molar-refractivity contribution is 0.0921. The molecule has 0 saturated carbocycles. The van der Waals surface area contributed by atoms with Gasteiger partial charge in [0.1, 0.15) is 12.4 Å². The fourth-order valence-corrected chi connectivity index (χ4v) is 1.79. The van der Waals surface area contributed by atoms with Gasteiger partial charge in [-0.25, -0.2) is 4.99 Å². The normalized spacial score (nSPS) is 11.2. The summed E-state index contributed by atoms with van der Waals surface area (Å²) in [6.07, 6.45) is 0.740. The Bertz CT molecular complexity index is 519. The number of ether oxygens (including phenoxy) is 4. The summed E-state index contributed by atoms with van der Waals surface area (Å²) in [4.78, 5) is 16.6.